The number of alkyl halides is 9. The van der Waals surface area contributed by atoms with Crippen molar-refractivity contribution in [3.63, 3.8) is 0 Å². The Morgan fingerprint density at radius 3 is 1.20 bits per heavy atom. The summed E-state index contributed by atoms with van der Waals surface area (Å²) < 4.78 is 103. The maximum absolute atomic E-state index is 11.5. The molecular weight excluding hydrogens is 245 g/mol. The summed E-state index contributed by atoms with van der Waals surface area (Å²) in [6, 6.07) is -0.0521. The Morgan fingerprint density at radius 2 is 1.00 bits per heavy atom. The van der Waals surface area contributed by atoms with Crippen molar-refractivity contribution < 1.29 is 39.5 Å². The van der Waals surface area contributed by atoms with E-state index in [0.717, 1.165) is 0 Å². The summed E-state index contributed by atoms with van der Waals surface area (Å²) in [5.41, 5.74) is 0. The van der Waals surface area contributed by atoms with Crippen LogP contribution < -0.4 is 0 Å². The third-order valence-corrected chi connectivity index (χ3v) is 0.817. The topological polar surface area (TPSA) is 3.24 Å². The van der Waals surface area contributed by atoms with Crippen LogP contribution in [0.25, 0.3) is 0 Å². The first-order chi connectivity index (χ1) is 6.34. The molecule has 0 aliphatic carbocycles. The maximum atomic E-state index is 11.5. The van der Waals surface area contributed by atoms with Crippen molar-refractivity contribution in [3.8, 4) is 12.0 Å². The Labute approximate surface area is 76.4 Å². The van der Waals surface area contributed by atoms with Gasteiger partial charge in [-0.15, -0.1) is 31.2 Å². The van der Waals surface area contributed by atoms with Crippen LogP contribution in [0.3, 0.4) is 0 Å². The van der Waals surface area contributed by atoms with Crippen LogP contribution in [-0.4, -0.2) is 23.7 Å². The lowest BCUT2D eigenvalue weighted by Gasteiger charge is -2.22. The van der Waals surface area contributed by atoms with Gasteiger partial charge in [-0.25, -0.2) is 0 Å². The zero-order valence-electron chi connectivity index (χ0n) is 6.35. The zero-order chi connectivity index (χ0) is 12.5. The fourth-order valence-corrected chi connectivity index (χ4v) is 0.390. The molecule has 0 aliphatic heterocycles. The van der Waals surface area contributed by atoms with Crippen LogP contribution in [-0.2, 0) is 0 Å². The van der Waals surface area contributed by atoms with Gasteiger partial charge in [-0.3, -0.25) is 0 Å². The lowest BCUT2D eigenvalue weighted by molar-refractivity contribution is -0.349. The van der Waals surface area contributed by atoms with Gasteiger partial charge in [0.1, 0.15) is 0 Å². The fraction of sp³-hybridized carbons (Fsp3) is 0.600. The van der Waals surface area contributed by atoms with Crippen LogP contribution in [0.5, 0.6) is 0 Å². The smallest absolute Gasteiger partial charge is 0.159 e. The maximum Gasteiger partial charge on any atom is 0.498 e. The second-order valence-electron chi connectivity index (χ2n) is 2.01. The summed E-state index contributed by atoms with van der Waals surface area (Å²) in [4.78, 5) is -2.48. The van der Waals surface area contributed by atoms with Crippen molar-refractivity contribution >= 4 is 0 Å². The van der Waals surface area contributed by atoms with Gasteiger partial charge in [0.05, 0.1) is 0 Å². The Hall–Kier alpha value is -1.27. The number of rotatable bonds is 0. The molecule has 1 nitrogen and oxygen atoms in total. The van der Waals surface area contributed by atoms with Crippen LogP contribution in [0.4, 0.5) is 39.5 Å². The Morgan fingerprint density at radius 1 is 0.667 bits per heavy atom. The van der Waals surface area contributed by atoms with E-state index >= 15 is 0 Å². The van der Waals surface area contributed by atoms with E-state index in [1.165, 1.54) is 0 Å². The molecule has 0 bridgehead atoms. The van der Waals surface area contributed by atoms with Crippen molar-refractivity contribution in [2.75, 3.05) is 0 Å². The van der Waals surface area contributed by atoms with E-state index in [1.807, 2.05) is 0 Å². The summed E-state index contributed by atoms with van der Waals surface area (Å²) in [6.07, 6.45) is -17.5. The largest absolute Gasteiger partial charge is 0.498 e. The summed E-state index contributed by atoms with van der Waals surface area (Å²) in [5, 5.41) is 0. The summed E-state index contributed by atoms with van der Waals surface area (Å²) in [7, 11) is 0. The molecule has 0 radical (unpaired) electrons. The lowest BCUT2D eigenvalue weighted by atomic mass is 10.6. The monoisotopic (exact) mass is 245 g/mol. The molecule has 0 heterocycles. The third-order valence-electron chi connectivity index (χ3n) is 0.817. The molecule has 0 N–H and O–H groups in total. The van der Waals surface area contributed by atoms with Crippen LogP contribution in [0.1, 0.15) is 0 Å². The first-order valence-corrected chi connectivity index (χ1v) is 2.87. The van der Waals surface area contributed by atoms with Gasteiger partial charge in [-0.05, 0) is 0 Å². The minimum absolute atomic E-state index is 0.0521. The lowest BCUT2D eigenvalue weighted by Crippen LogP contribution is -2.44. The minimum atomic E-state index is -6.05. The van der Waals surface area contributed by atoms with Crippen LogP contribution in [0.15, 0.2) is 0 Å². The van der Waals surface area contributed by atoms with E-state index in [0.29, 0.717) is 0 Å². The second-order valence-corrected chi connectivity index (χ2v) is 2.01. The quantitative estimate of drug-likeness (QED) is 0.274. The molecule has 0 atom stereocenters. The number of nitrogens with zero attached hydrogens (tertiary/aromatic N) is 1. The zero-order valence-corrected chi connectivity index (χ0v) is 6.35. The van der Waals surface area contributed by atoms with E-state index in [-0.39, 0.29) is 12.0 Å². The van der Waals surface area contributed by atoms with E-state index in [2.05, 4.69) is 0 Å². The van der Waals surface area contributed by atoms with Crippen molar-refractivity contribution in [2.45, 2.75) is 18.8 Å². The van der Waals surface area contributed by atoms with Gasteiger partial charge in [0.2, 0.25) is 0 Å². The average Bonchev–Trinajstić information content (AvgIpc) is 1.75. The molecule has 0 amide bonds. The number of hydrogen-bond acceptors (Lipinski definition) is 1. The van der Waals surface area contributed by atoms with E-state index < -0.39 is 23.7 Å². The molecule has 0 saturated carbocycles. The molecule has 0 rings (SSSR count). The van der Waals surface area contributed by atoms with E-state index in [1.54, 1.807) is 0 Å². The molecule has 0 unspecified atom stereocenters. The van der Waals surface area contributed by atoms with Crippen LogP contribution >= 0.6 is 0 Å². The molecule has 0 aliphatic rings. The molecule has 88 valence electrons. The first-order valence-electron chi connectivity index (χ1n) is 2.87. The molecule has 0 aromatic heterocycles. The molecule has 0 aromatic rings. The standard InChI is InChI=1S/C5F9N/c6-3(7,8)1-2-15(4(9,10)11)5(12,13)14. The Bertz CT molecular complexity index is 256. The molecule has 0 spiro atoms. The van der Waals surface area contributed by atoms with Gasteiger partial charge >= 0.3 is 18.8 Å². The van der Waals surface area contributed by atoms with Crippen molar-refractivity contribution in [1.29, 1.82) is 0 Å². The highest BCUT2D eigenvalue weighted by atomic mass is 19.4. The van der Waals surface area contributed by atoms with E-state index in [4.69, 9.17) is 0 Å². The predicted molar refractivity (Wildman–Crippen MR) is 27.8 cm³/mol. The molecule has 0 saturated heterocycles. The predicted octanol–water partition coefficient (Wildman–Crippen LogP) is 2.85. The van der Waals surface area contributed by atoms with E-state index in [9.17, 15) is 39.5 Å². The highest BCUT2D eigenvalue weighted by Crippen LogP contribution is 2.32. The average molecular weight is 245 g/mol. The van der Waals surface area contributed by atoms with Crippen LogP contribution in [0.2, 0.25) is 0 Å². The summed E-state index contributed by atoms with van der Waals surface area (Å²) in [5.74, 6) is -0.129. The van der Waals surface area contributed by atoms with Crippen molar-refractivity contribution in [1.82, 2.24) is 4.90 Å². The fourth-order valence-electron chi connectivity index (χ4n) is 0.390. The molecule has 0 aromatic carbocycles. The van der Waals surface area contributed by atoms with Crippen molar-refractivity contribution in [2.24, 2.45) is 0 Å². The van der Waals surface area contributed by atoms with Crippen molar-refractivity contribution in [3.05, 3.63) is 0 Å². The molecule has 15 heavy (non-hydrogen) atoms. The number of hydrogen-bond donors (Lipinski definition) is 0. The Kier molecular flexibility index (Phi) is 3.40. The van der Waals surface area contributed by atoms with Gasteiger partial charge in [0.15, 0.2) is 0 Å². The molecule has 0 fully saturated rings. The molecular formula is C5F9N. The highest BCUT2D eigenvalue weighted by Gasteiger charge is 2.53. The van der Waals surface area contributed by atoms with Gasteiger partial charge in [-0.1, -0.05) is 0 Å². The minimum Gasteiger partial charge on any atom is -0.159 e. The third kappa shape index (κ3) is 5.24. The Balaban J connectivity index is 5.07. The summed E-state index contributed by atoms with van der Waals surface area (Å²) >= 11 is 0. The highest BCUT2D eigenvalue weighted by molar-refractivity contribution is 5.05. The summed E-state index contributed by atoms with van der Waals surface area (Å²) in [6.45, 7) is 0. The van der Waals surface area contributed by atoms with Crippen LogP contribution in [0, 0.1) is 12.0 Å². The van der Waals surface area contributed by atoms with Gasteiger partial charge < -0.3 is 0 Å². The normalized spacial score (nSPS) is 13.1. The van der Waals surface area contributed by atoms with Gasteiger partial charge in [0.25, 0.3) is 0 Å². The second kappa shape index (κ2) is 3.71. The number of halogens is 9. The SMILES string of the molecule is FC(F)(F)C#CN(C(F)(F)F)C(F)(F)F. The first kappa shape index (κ1) is 13.7. The molecule has 10 heteroatoms. The van der Waals surface area contributed by atoms with Gasteiger partial charge in [-0.2, -0.15) is 13.2 Å². The van der Waals surface area contributed by atoms with Gasteiger partial charge in [0, 0.05) is 12.0 Å².